The summed E-state index contributed by atoms with van der Waals surface area (Å²) in [6, 6.07) is 5.36. The molecule has 0 bridgehead atoms. The number of aryl methyl sites for hydroxylation is 1. The number of hydrogen-bond acceptors (Lipinski definition) is 4. The summed E-state index contributed by atoms with van der Waals surface area (Å²) in [7, 11) is 2.98. The van der Waals surface area contributed by atoms with Gasteiger partial charge in [-0.3, -0.25) is 4.90 Å². The van der Waals surface area contributed by atoms with Crippen molar-refractivity contribution in [3.05, 3.63) is 24.1 Å². The second-order valence-corrected chi connectivity index (χ2v) is 3.41. The predicted octanol–water partition coefficient (Wildman–Crippen LogP) is 2.34. The van der Waals surface area contributed by atoms with Gasteiger partial charge in [0.25, 0.3) is 0 Å². The van der Waals surface area contributed by atoms with Gasteiger partial charge in [0, 0.05) is 20.0 Å². The molecule has 0 saturated carbocycles. The highest BCUT2D eigenvalue weighted by molar-refractivity contribution is 5.89. The van der Waals surface area contributed by atoms with Crippen molar-refractivity contribution in [2.45, 2.75) is 6.92 Å². The number of rotatable bonds is 1. The topological polar surface area (TPSA) is 55.6 Å². The number of benzene rings is 1. The molecule has 1 amide bonds. The largest absolute Gasteiger partial charge is 0.452 e. The van der Waals surface area contributed by atoms with Crippen LogP contribution in [-0.4, -0.2) is 25.2 Å². The molecule has 0 saturated heterocycles. The number of aromatic nitrogens is 1. The number of anilines is 1. The molecule has 2 aromatic rings. The number of carbonyl (C=O) groups excluding carboxylic acids is 1. The first-order valence-corrected chi connectivity index (χ1v) is 4.80. The van der Waals surface area contributed by atoms with Gasteiger partial charge in [-0.15, -0.1) is 0 Å². The second-order valence-electron chi connectivity index (χ2n) is 3.41. The van der Waals surface area contributed by atoms with Gasteiger partial charge < -0.3 is 9.15 Å². The molecule has 5 heteroatoms. The second kappa shape index (κ2) is 3.84. The van der Waals surface area contributed by atoms with E-state index in [0.717, 1.165) is 5.52 Å². The van der Waals surface area contributed by atoms with Crippen molar-refractivity contribution in [3.8, 4) is 0 Å². The molecule has 0 N–H and O–H groups in total. The van der Waals surface area contributed by atoms with Crippen LogP contribution in [0, 0.1) is 6.92 Å². The minimum Gasteiger partial charge on any atom is -0.452 e. The summed E-state index contributed by atoms with van der Waals surface area (Å²) in [5.41, 5.74) is 2.14. The molecule has 84 valence electrons. The van der Waals surface area contributed by atoms with Gasteiger partial charge in [0.15, 0.2) is 11.5 Å². The van der Waals surface area contributed by atoms with Gasteiger partial charge in [-0.25, -0.2) is 9.78 Å². The number of fused-ring (bicyclic) bond motifs is 1. The Bertz CT molecular complexity index is 533. The summed E-state index contributed by atoms with van der Waals surface area (Å²) in [4.78, 5) is 16.9. The molecule has 0 aliphatic rings. The van der Waals surface area contributed by atoms with Gasteiger partial charge in [-0.2, -0.15) is 0 Å². The summed E-state index contributed by atoms with van der Waals surface area (Å²) < 4.78 is 10.0. The van der Waals surface area contributed by atoms with Gasteiger partial charge in [0.05, 0.1) is 12.8 Å². The Morgan fingerprint density at radius 2 is 2.25 bits per heavy atom. The third-order valence-corrected chi connectivity index (χ3v) is 2.31. The van der Waals surface area contributed by atoms with E-state index in [0.29, 0.717) is 17.2 Å². The van der Waals surface area contributed by atoms with Crippen LogP contribution < -0.4 is 4.90 Å². The van der Waals surface area contributed by atoms with Crippen LogP contribution in [0.25, 0.3) is 11.1 Å². The number of hydrogen-bond donors (Lipinski definition) is 0. The minimum absolute atomic E-state index is 0.421. The molecule has 1 aromatic heterocycles. The molecule has 0 radical (unpaired) electrons. The summed E-state index contributed by atoms with van der Waals surface area (Å²) >= 11 is 0. The number of carbonyl (C=O) groups is 1. The van der Waals surface area contributed by atoms with Crippen LogP contribution in [0.15, 0.2) is 22.6 Å². The van der Waals surface area contributed by atoms with Crippen molar-refractivity contribution in [3.63, 3.8) is 0 Å². The number of nitrogens with zero attached hydrogens (tertiary/aromatic N) is 2. The standard InChI is InChI=1S/C11H12N2O3/c1-7-12-9-5-4-8(6-10(9)16-7)13(2)11(14)15-3/h4-6H,1-3H3. The molecular formula is C11H12N2O3. The average molecular weight is 220 g/mol. The van der Waals surface area contributed by atoms with Gasteiger partial charge in [0.1, 0.15) is 5.52 Å². The average Bonchev–Trinajstić information content (AvgIpc) is 2.65. The van der Waals surface area contributed by atoms with Crippen LogP contribution in [0.1, 0.15) is 5.89 Å². The fraction of sp³-hybridized carbons (Fsp3) is 0.273. The first-order valence-electron chi connectivity index (χ1n) is 4.80. The third kappa shape index (κ3) is 1.71. The fourth-order valence-electron chi connectivity index (χ4n) is 1.48. The summed E-state index contributed by atoms with van der Waals surface area (Å²) in [5.74, 6) is 0.605. The Morgan fingerprint density at radius 3 is 2.94 bits per heavy atom. The minimum atomic E-state index is -0.421. The molecule has 0 unspecified atom stereocenters. The van der Waals surface area contributed by atoms with Crippen molar-refractivity contribution in [2.75, 3.05) is 19.1 Å². The Balaban J connectivity index is 2.42. The van der Waals surface area contributed by atoms with Crippen molar-refractivity contribution >= 4 is 22.9 Å². The lowest BCUT2D eigenvalue weighted by molar-refractivity contribution is 0.180. The molecular weight excluding hydrogens is 208 g/mol. The van der Waals surface area contributed by atoms with Crippen molar-refractivity contribution in [2.24, 2.45) is 0 Å². The van der Waals surface area contributed by atoms with E-state index in [9.17, 15) is 4.79 Å². The summed E-state index contributed by atoms with van der Waals surface area (Å²) in [6.07, 6.45) is -0.421. The van der Waals surface area contributed by atoms with E-state index in [4.69, 9.17) is 4.42 Å². The van der Waals surface area contributed by atoms with Crippen LogP contribution in [0.3, 0.4) is 0 Å². The fourth-order valence-corrected chi connectivity index (χ4v) is 1.48. The molecule has 1 heterocycles. The zero-order chi connectivity index (χ0) is 11.7. The maximum Gasteiger partial charge on any atom is 0.413 e. The monoisotopic (exact) mass is 220 g/mol. The lowest BCUT2D eigenvalue weighted by atomic mass is 10.3. The normalized spacial score (nSPS) is 10.4. The zero-order valence-corrected chi connectivity index (χ0v) is 9.35. The van der Waals surface area contributed by atoms with Gasteiger partial charge in [-0.05, 0) is 12.1 Å². The molecule has 16 heavy (non-hydrogen) atoms. The molecule has 0 spiro atoms. The molecule has 0 aliphatic heterocycles. The Labute approximate surface area is 92.6 Å². The van der Waals surface area contributed by atoms with E-state index in [1.807, 2.05) is 0 Å². The molecule has 0 fully saturated rings. The van der Waals surface area contributed by atoms with E-state index < -0.39 is 6.09 Å². The van der Waals surface area contributed by atoms with Crippen LogP contribution in [0.5, 0.6) is 0 Å². The zero-order valence-electron chi connectivity index (χ0n) is 9.35. The quantitative estimate of drug-likeness (QED) is 0.740. The first kappa shape index (κ1) is 10.5. The van der Waals surface area contributed by atoms with Gasteiger partial charge in [0.2, 0.25) is 0 Å². The molecule has 2 rings (SSSR count). The Hall–Kier alpha value is -2.04. The maximum atomic E-state index is 11.3. The lowest BCUT2D eigenvalue weighted by Crippen LogP contribution is -2.25. The highest BCUT2D eigenvalue weighted by Crippen LogP contribution is 2.22. The summed E-state index contributed by atoms with van der Waals surface area (Å²) in [5, 5.41) is 0. The van der Waals surface area contributed by atoms with Crippen molar-refractivity contribution < 1.29 is 13.9 Å². The van der Waals surface area contributed by atoms with Gasteiger partial charge >= 0.3 is 6.09 Å². The van der Waals surface area contributed by atoms with E-state index in [1.54, 1.807) is 32.2 Å². The smallest absolute Gasteiger partial charge is 0.413 e. The highest BCUT2D eigenvalue weighted by Gasteiger charge is 2.12. The number of methoxy groups -OCH3 is 1. The molecule has 0 atom stereocenters. The van der Waals surface area contributed by atoms with E-state index in [1.165, 1.54) is 12.0 Å². The third-order valence-electron chi connectivity index (χ3n) is 2.31. The van der Waals surface area contributed by atoms with Crippen LogP contribution in [0.2, 0.25) is 0 Å². The van der Waals surface area contributed by atoms with Crippen LogP contribution in [0.4, 0.5) is 10.5 Å². The Kier molecular flexibility index (Phi) is 2.52. The molecule has 0 aliphatic carbocycles. The molecule has 5 nitrogen and oxygen atoms in total. The van der Waals surface area contributed by atoms with Crippen LogP contribution >= 0.6 is 0 Å². The van der Waals surface area contributed by atoms with E-state index in [2.05, 4.69) is 9.72 Å². The number of amides is 1. The van der Waals surface area contributed by atoms with Gasteiger partial charge in [-0.1, -0.05) is 0 Å². The van der Waals surface area contributed by atoms with Crippen LogP contribution in [-0.2, 0) is 4.74 Å². The molecule has 1 aromatic carbocycles. The van der Waals surface area contributed by atoms with Crippen molar-refractivity contribution in [1.82, 2.24) is 4.98 Å². The SMILES string of the molecule is COC(=O)N(C)c1ccc2nc(C)oc2c1. The predicted molar refractivity (Wildman–Crippen MR) is 59.6 cm³/mol. The first-order chi connectivity index (χ1) is 7.61. The number of ether oxygens (including phenoxy) is 1. The lowest BCUT2D eigenvalue weighted by Gasteiger charge is -2.14. The summed E-state index contributed by atoms with van der Waals surface area (Å²) in [6.45, 7) is 1.78. The Morgan fingerprint density at radius 1 is 1.50 bits per heavy atom. The number of oxazole rings is 1. The van der Waals surface area contributed by atoms with E-state index >= 15 is 0 Å². The highest BCUT2D eigenvalue weighted by atomic mass is 16.5. The van der Waals surface area contributed by atoms with E-state index in [-0.39, 0.29) is 0 Å². The maximum absolute atomic E-state index is 11.3. The van der Waals surface area contributed by atoms with Crippen molar-refractivity contribution in [1.29, 1.82) is 0 Å².